The summed E-state index contributed by atoms with van der Waals surface area (Å²) < 4.78 is 0. The van der Waals surface area contributed by atoms with Crippen molar-refractivity contribution >= 4 is 5.91 Å². The number of nitrogens with one attached hydrogen (secondary N) is 2. The van der Waals surface area contributed by atoms with Crippen LogP contribution in [0.25, 0.3) is 0 Å². The molecule has 2 aliphatic carbocycles. The third-order valence-electron chi connectivity index (χ3n) is 5.40. The van der Waals surface area contributed by atoms with Crippen LogP contribution in [-0.2, 0) is 4.79 Å². The zero-order valence-corrected chi connectivity index (χ0v) is 12.7. The molecule has 3 rings (SSSR count). The molecule has 3 aliphatic rings. The summed E-state index contributed by atoms with van der Waals surface area (Å²) in [4.78, 5) is 14.6. The molecule has 3 fully saturated rings. The number of nitrogens with zero attached hydrogens (tertiary/aromatic N) is 1. The second kappa shape index (κ2) is 6.44. The fourth-order valence-electron chi connectivity index (χ4n) is 3.88. The smallest absolute Gasteiger partial charge is 0.237 e. The predicted octanol–water partition coefficient (Wildman–Crippen LogP) is 1.51. The van der Waals surface area contributed by atoms with E-state index in [9.17, 15) is 4.79 Å². The van der Waals surface area contributed by atoms with Gasteiger partial charge in [0.2, 0.25) is 5.91 Å². The summed E-state index contributed by atoms with van der Waals surface area (Å²) in [6.07, 6.45) is 10.2. The Balaban J connectivity index is 1.38. The van der Waals surface area contributed by atoms with Crippen LogP contribution < -0.4 is 10.6 Å². The minimum absolute atomic E-state index is 0.0561. The predicted molar refractivity (Wildman–Crippen MR) is 80.6 cm³/mol. The van der Waals surface area contributed by atoms with Gasteiger partial charge in [-0.1, -0.05) is 12.8 Å². The number of carbonyl (C=O) groups is 1. The Kier molecular flexibility index (Phi) is 4.61. The number of carbonyl (C=O) groups excluding carboxylic acids is 1. The van der Waals surface area contributed by atoms with Gasteiger partial charge in [0.1, 0.15) is 0 Å². The van der Waals surface area contributed by atoms with E-state index in [0.29, 0.717) is 6.04 Å². The van der Waals surface area contributed by atoms with Crippen LogP contribution in [0, 0.1) is 5.92 Å². The third-order valence-corrected chi connectivity index (χ3v) is 5.40. The molecule has 0 aromatic rings. The van der Waals surface area contributed by atoms with Gasteiger partial charge in [0.25, 0.3) is 0 Å². The zero-order valence-electron chi connectivity index (χ0n) is 12.7. The van der Waals surface area contributed by atoms with E-state index < -0.39 is 0 Å². The number of piperidine rings is 1. The summed E-state index contributed by atoms with van der Waals surface area (Å²) in [5.41, 5.74) is 0. The van der Waals surface area contributed by atoms with Gasteiger partial charge in [-0.05, 0) is 51.5 Å². The molecule has 0 radical (unpaired) electrons. The van der Waals surface area contributed by atoms with Gasteiger partial charge in [0.15, 0.2) is 0 Å². The fourth-order valence-corrected chi connectivity index (χ4v) is 3.88. The van der Waals surface area contributed by atoms with Crippen molar-refractivity contribution in [2.24, 2.45) is 5.92 Å². The van der Waals surface area contributed by atoms with Gasteiger partial charge >= 0.3 is 0 Å². The Morgan fingerprint density at radius 2 is 1.95 bits per heavy atom. The molecule has 4 nitrogen and oxygen atoms in total. The summed E-state index contributed by atoms with van der Waals surface area (Å²) in [7, 11) is 2.16. The van der Waals surface area contributed by atoms with Gasteiger partial charge in [-0.15, -0.1) is 0 Å². The van der Waals surface area contributed by atoms with Crippen LogP contribution in [-0.4, -0.2) is 49.1 Å². The van der Waals surface area contributed by atoms with Crippen molar-refractivity contribution in [3.8, 4) is 0 Å². The molecular weight excluding hydrogens is 250 g/mol. The topological polar surface area (TPSA) is 44.4 Å². The monoisotopic (exact) mass is 279 g/mol. The molecule has 2 N–H and O–H groups in total. The molecule has 0 aromatic carbocycles. The normalized spacial score (nSPS) is 33.8. The Hall–Kier alpha value is -0.610. The molecule has 1 amide bonds. The van der Waals surface area contributed by atoms with Gasteiger partial charge in [-0.2, -0.15) is 0 Å². The minimum Gasteiger partial charge on any atom is -0.353 e. The molecule has 20 heavy (non-hydrogen) atoms. The highest BCUT2D eigenvalue weighted by Gasteiger charge is 2.34. The first-order chi connectivity index (χ1) is 9.74. The summed E-state index contributed by atoms with van der Waals surface area (Å²) in [5, 5.41) is 6.72. The Bertz CT molecular complexity index is 343. The highest BCUT2D eigenvalue weighted by molar-refractivity contribution is 5.81. The standard InChI is InChI=1S/C16H29N3O/c1-19(13-7-8-13)11-10-17-16(20)15-9-6-12-4-2-3-5-14(12)18-15/h12-15,18H,2-11H2,1H3,(H,17,20). The Morgan fingerprint density at radius 1 is 1.15 bits per heavy atom. The average molecular weight is 279 g/mol. The van der Waals surface area contributed by atoms with Crippen LogP contribution in [0.1, 0.15) is 51.4 Å². The number of likely N-dealkylation sites (N-methyl/N-ethyl adjacent to an activating group) is 1. The molecule has 1 saturated heterocycles. The third kappa shape index (κ3) is 3.53. The van der Waals surface area contributed by atoms with Crippen LogP contribution in [0.5, 0.6) is 0 Å². The van der Waals surface area contributed by atoms with E-state index in [-0.39, 0.29) is 11.9 Å². The van der Waals surface area contributed by atoms with Crippen molar-refractivity contribution in [1.29, 1.82) is 0 Å². The molecule has 3 atom stereocenters. The lowest BCUT2D eigenvalue weighted by molar-refractivity contribution is -0.124. The van der Waals surface area contributed by atoms with Crippen LogP contribution in [0.4, 0.5) is 0 Å². The molecule has 2 saturated carbocycles. The first-order valence-corrected chi connectivity index (χ1v) is 8.48. The van der Waals surface area contributed by atoms with Gasteiger partial charge in [0.05, 0.1) is 6.04 Å². The summed E-state index contributed by atoms with van der Waals surface area (Å²) >= 11 is 0. The number of fused-ring (bicyclic) bond motifs is 1. The van der Waals surface area contributed by atoms with Crippen molar-refractivity contribution in [3.05, 3.63) is 0 Å². The van der Waals surface area contributed by atoms with E-state index >= 15 is 0 Å². The van der Waals surface area contributed by atoms with Crippen LogP contribution >= 0.6 is 0 Å². The van der Waals surface area contributed by atoms with Gasteiger partial charge in [0, 0.05) is 25.2 Å². The lowest BCUT2D eigenvalue weighted by atomic mass is 9.77. The lowest BCUT2D eigenvalue weighted by Crippen LogP contribution is -2.55. The highest BCUT2D eigenvalue weighted by atomic mass is 16.2. The van der Waals surface area contributed by atoms with Gasteiger partial charge < -0.3 is 15.5 Å². The van der Waals surface area contributed by atoms with E-state index in [2.05, 4.69) is 22.6 Å². The first kappa shape index (κ1) is 14.3. The maximum absolute atomic E-state index is 12.2. The molecule has 114 valence electrons. The zero-order chi connectivity index (χ0) is 13.9. The number of hydrogen-bond donors (Lipinski definition) is 2. The van der Waals surface area contributed by atoms with Crippen molar-refractivity contribution in [3.63, 3.8) is 0 Å². The van der Waals surface area contributed by atoms with Gasteiger partial charge in [-0.25, -0.2) is 0 Å². The molecule has 1 aliphatic heterocycles. The number of hydrogen-bond acceptors (Lipinski definition) is 3. The molecule has 3 unspecified atom stereocenters. The second-order valence-corrected chi connectivity index (χ2v) is 6.95. The van der Waals surface area contributed by atoms with Crippen molar-refractivity contribution < 1.29 is 4.79 Å². The van der Waals surface area contributed by atoms with E-state index in [0.717, 1.165) is 31.5 Å². The SMILES string of the molecule is CN(CCNC(=O)C1CCC2CCCCC2N1)C1CC1. The van der Waals surface area contributed by atoms with Crippen molar-refractivity contribution in [2.45, 2.75) is 69.5 Å². The second-order valence-electron chi connectivity index (χ2n) is 6.95. The minimum atomic E-state index is 0.0561. The first-order valence-electron chi connectivity index (χ1n) is 8.48. The number of rotatable bonds is 5. The van der Waals surface area contributed by atoms with E-state index in [1.165, 1.54) is 44.9 Å². The Labute approximate surface area is 122 Å². The quantitative estimate of drug-likeness (QED) is 0.802. The molecule has 4 heteroatoms. The van der Waals surface area contributed by atoms with E-state index in [1.54, 1.807) is 0 Å². The lowest BCUT2D eigenvalue weighted by Gasteiger charge is -2.39. The Morgan fingerprint density at radius 3 is 2.75 bits per heavy atom. The van der Waals surface area contributed by atoms with Gasteiger partial charge in [-0.3, -0.25) is 4.79 Å². The largest absolute Gasteiger partial charge is 0.353 e. The maximum Gasteiger partial charge on any atom is 0.237 e. The summed E-state index contributed by atoms with van der Waals surface area (Å²) in [5.74, 6) is 1.05. The summed E-state index contributed by atoms with van der Waals surface area (Å²) in [6.45, 7) is 1.77. The molecule has 0 bridgehead atoms. The van der Waals surface area contributed by atoms with Crippen LogP contribution in [0.3, 0.4) is 0 Å². The van der Waals surface area contributed by atoms with Crippen LogP contribution in [0.2, 0.25) is 0 Å². The van der Waals surface area contributed by atoms with Crippen molar-refractivity contribution in [1.82, 2.24) is 15.5 Å². The molecule has 0 spiro atoms. The average Bonchev–Trinajstić information content (AvgIpc) is 3.31. The fraction of sp³-hybridized carbons (Fsp3) is 0.938. The molecule has 0 aromatic heterocycles. The summed E-state index contributed by atoms with van der Waals surface area (Å²) in [6, 6.07) is 1.44. The maximum atomic E-state index is 12.2. The van der Waals surface area contributed by atoms with E-state index in [1.807, 2.05) is 0 Å². The van der Waals surface area contributed by atoms with Crippen molar-refractivity contribution in [2.75, 3.05) is 20.1 Å². The highest BCUT2D eigenvalue weighted by Crippen LogP contribution is 2.32. The number of amides is 1. The molecule has 1 heterocycles. The van der Waals surface area contributed by atoms with E-state index in [4.69, 9.17) is 0 Å². The van der Waals surface area contributed by atoms with Crippen LogP contribution in [0.15, 0.2) is 0 Å². The molecular formula is C16H29N3O.